The van der Waals surface area contributed by atoms with Crippen LogP contribution in [0.25, 0.3) is 5.52 Å². The minimum Gasteiger partial charge on any atom is -0.322 e. The van der Waals surface area contributed by atoms with Gasteiger partial charge in [0.25, 0.3) is 0 Å². The molecule has 0 spiro atoms. The Morgan fingerprint density at radius 3 is 3.15 bits per heavy atom. The van der Waals surface area contributed by atoms with Gasteiger partial charge in [-0.3, -0.25) is 0 Å². The average molecular weight is 268 g/mol. The number of hydrogen-bond acceptors (Lipinski definition) is 3. The van der Waals surface area contributed by atoms with Crippen molar-refractivity contribution < 1.29 is 0 Å². The molecular formula is C16H20N4. The summed E-state index contributed by atoms with van der Waals surface area (Å²) in [5.74, 6) is 0. The Labute approximate surface area is 119 Å². The molecule has 0 radical (unpaired) electrons. The molecular weight excluding hydrogens is 248 g/mol. The Morgan fingerprint density at radius 2 is 2.40 bits per heavy atom. The number of nitriles is 1. The first-order chi connectivity index (χ1) is 9.78. The third-order valence-corrected chi connectivity index (χ3v) is 4.01. The molecule has 0 amide bonds. The van der Waals surface area contributed by atoms with Crippen LogP contribution in [0.1, 0.15) is 24.0 Å². The molecule has 0 saturated carbocycles. The third kappa shape index (κ3) is 2.55. The maximum atomic E-state index is 9.41. The van der Waals surface area contributed by atoms with Crippen LogP contribution in [0.3, 0.4) is 0 Å². The number of nitrogens with one attached hydrogen (secondary N) is 1. The molecule has 1 unspecified atom stereocenters. The predicted octanol–water partition coefficient (Wildman–Crippen LogP) is 1.99. The van der Waals surface area contributed by atoms with E-state index in [1.54, 1.807) is 0 Å². The fourth-order valence-corrected chi connectivity index (χ4v) is 3.07. The highest BCUT2D eigenvalue weighted by Crippen LogP contribution is 2.19. The quantitative estimate of drug-likeness (QED) is 0.922. The van der Waals surface area contributed by atoms with Crippen molar-refractivity contribution in [1.29, 1.82) is 5.26 Å². The molecule has 0 bridgehead atoms. The van der Waals surface area contributed by atoms with E-state index in [9.17, 15) is 5.26 Å². The first-order valence-electron chi connectivity index (χ1n) is 7.18. The van der Waals surface area contributed by atoms with E-state index in [1.807, 2.05) is 28.8 Å². The number of nitrogens with zero attached hydrogens (tertiary/aromatic N) is 3. The maximum Gasteiger partial charge on any atom is 0.102 e. The molecule has 1 atom stereocenters. The predicted molar refractivity (Wildman–Crippen MR) is 79.5 cm³/mol. The molecule has 104 valence electrons. The van der Waals surface area contributed by atoms with Gasteiger partial charge in [-0.05, 0) is 38.6 Å². The number of hydrogen-bond donors (Lipinski definition) is 1. The minimum absolute atomic E-state index is 0.600. The molecule has 2 aromatic heterocycles. The van der Waals surface area contributed by atoms with Gasteiger partial charge in [0.1, 0.15) is 6.07 Å². The van der Waals surface area contributed by atoms with Crippen LogP contribution < -0.4 is 5.32 Å². The fraction of sp³-hybridized carbons (Fsp3) is 0.438. The molecule has 4 heteroatoms. The standard InChI is InChI=1S/C16H20N4/c1-19(12-14-5-4-7-18-14)10-13-11-20-8-3-2-6-16(20)15(13)9-17/h2-3,6,8,11,14,18H,4-5,7,10,12H2,1H3. The van der Waals surface area contributed by atoms with Crippen molar-refractivity contribution in [3.63, 3.8) is 0 Å². The molecule has 1 fully saturated rings. The molecule has 3 rings (SSSR count). The Morgan fingerprint density at radius 1 is 1.50 bits per heavy atom. The molecule has 2 aromatic rings. The topological polar surface area (TPSA) is 43.5 Å². The van der Waals surface area contributed by atoms with Crippen molar-refractivity contribution in [2.75, 3.05) is 20.1 Å². The summed E-state index contributed by atoms with van der Waals surface area (Å²) in [6, 6.07) is 8.92. The van der Waals surface area contributed by atoms with Crippen LogP contribution >= 0.6 is 0 Å². The van der Waals surface area contributed by atoms with Gasteiger partial charge in [-0.1, -0.05) is 6.07 Å². The SMILES string of the molecule is CN(Cc1cn2ccccc2c1C#N)CC1CCCN1. The van der Waals surface area contributed by atoms with E-state index in [1.165, 1.54) is 12.8 Å². The Bertz CT molecular complexity index is 631. The number of fused-ring (bicyclic) bond motifs is 1. The molecule has 1 aliphatic rings. The smallest absolute Gasteiger partial charge is 0.102 e. The summed E-state index contributed by atoms with van der Waals surface area (Å²) in [5, 5.41) is 12.9. The lowest BCUT2D eigenvalue weighted by Gasteiger charge is -2.20. The van der Waals surface area contributed by atoms with Gasteiger partial charge in [0.15, 0.2) is 0 Å². The highest BCUT2D eigenvalue weighted by molar-refractivity contribution is 5.65. The van der Waals surface area contributed by atoms with Crippen LogP contribution in [-0.4, -0.2) is 35.5 Å². The molecule has 0 aliphatic carbocycles. The molecule has 4 nitrogen and oxygen atoms in total. The summed E-state index contributed by atoms with van der Waals surface area (Å²) in [5.41, 5.74) is 2.91. The van der Waals surface area contributed by atoms with Crippen LogP contribution in [0.15, 0.2) is 30.6 Å². The molecule has 1 aliphatic heterocycles. The normalized spacial score (nSPS) is 18.8. The lowest BCUT2D eigenvalue weighted by molar-refractivity contribution is 0.293. The Hall–Kier alpha value is -1.83. The minimum atomic E-state index is 0.600. The maximum absolute atomic E-state index is 9.41. The van der Waals surface area contributed by atoms with Crippen molar-refractivity contribution in [1.82, 2.24) is 14.6 Å². The van der Waals surface area contributed by atoms with Gasteiger partial charge < -0.3 is 14.6 Å². The zero-order valence-corrected chi connectivity index (χ0v) is 11.8. The first-order valence-corrected chi connectivity index (χ1v) is 7.18. The summed E-state index contributed by atoms with van der Waals surface area (Å²) in [6.07, 6.45) is 6.61. The van der Waals surface area contributed by atoms with Crippen molar-refractivity contribution in [2.45, 2.75) is 25.4 Å². The second-order valence-corrected chi connectivity index (χ2v) is 5.62. The van der Waals surface area contributed by atoms with Crippen molar-refractivity contribution in [2.24, 2.45) is 0 Å². The Kier molecular flexibility index (Phi) is 3.72. The molecule has 1 N–H and O–H groups in total. The summed E-state index contributed by atoms with van der Waals surface area (Å²) < 4.78 is 2.04. The molecule has 1 saturated heterocycles. The summed E-state index contributed by atoms with van der Waals surface area (Å²) in [4.78, 5) is 2.30. The number of pyridine rings is 1. The van der Waals surface area contributed by atoms with Gasteiger partial charge in [0, 0.05) is 37.1 Å². The summed E-state index contributed by atoms with van der Waals surface area (Å²) in [7, 11) is 2.13. The lowest BCUT2D eigenvalue weighted by atomic mass is 10.1. The van der Waals surface area contributed by atoms with Crippen molar-refractivity contribution in [3.05, 3.63) is 41.7 Å². The van der Waals surface area contributed by atoms with E-state index in [2.05, 4.69) is 29.5 Å². The van der Waals surface area contributed by atoms with Gasteiger partial charge in [0.05, 0.1) is 11.1 Å². The highest BCUT2D eigenvalue weighted by Gasteiger charge is 2.17. The number of aromatic nitrogens is 1. The van der Waals surface area contributed by atoms with Crippen molar-refractivity contribution in [3.8, 4) is 6.07 Å². The lowest BCUT2D eigenvalue weighted by Crippen LogP contribution is -2.35. The van der Waals surface area contributed by atoms with E-state index >= 15 is 0 Å². The summed E-state index contributed by atoms with van der Waals surface area (Å²) in [6.45, 7) is 3.00. The average Bonchev–Trinajstić information content (AvgIpc) is 3.05. The van der Waals surface area contributed by atoms with Gasteiger partial charge in [-0.2, -0.15) is 5.26 Å². The number of rotatable bonds is 4. The van der Waals surface area contributed by atoms with Crippen molar-refractivity contribution >= 4 is 5.52 Å². The Balaban J connectivity index is 1.78. The van der Waals surface area contributed by atoms with Crippen LogP contribution in [-0.2, 0) is 6.54 Å². The van der Waals surface area contributed by atoms with E-state index in [4.69, 9.17) is 0 Å². The van der Waals surface area contributed by atoms with E-state index in [0.717, 1.165) is 36.3 Å². The second kappa shape index (κ2) is 5.66. The van der Waals surface area contributed by atoms with E-state index < -0.39 is 0 Å². The third-order valence-electron chi connectivity index (χ3n) is 4.01. The van der Waals surface area contributed by atoms with Crippen LogP contribution in [0.5, 0.6) is 0 Å². The van der Waals surface area contributed by atoms with Gasteiger partial charge in [-0.25, -0.2) is 0 Å². The number of likely N-dealkylation sites (N-methyl/N-ethyl adjacent to an activating group) is 1. The van der Waals surface area contributed by atoms with Crippen LogP contribution in [0.4, 0.5) is 0 Å². The van der Waals surface area contributed by atoms with E-state index in [0.29, 0.717) is 6.04 Å². The zero-order chi connectivity index (χ0) is 13.9. The van der Waals surface area contributed by atoms with Crippen LogP contribution in [0.2, 0.25) is 0 Å². The fourth-order valence-electron chi connectivity index (χ4n) is 3.07. The summed E-state index contributed by atoms with van der Waals surface area (Å²) >= 11 is 0. The molecule has 0 aromatic carbocycles. The monoisotopic (exact) mass is 268 g/mol. The highest BCUT2D eigenvalue weighted by atomic mass is 15.1. The molecule has 20 heavy (non-hydrogen) atoms. The van der Waals surface area contributed by atoms with Crippen LogP contribution in [0, 0.1) is 11.3 Å². The van der Waals surface area contributed by atoms with E-state index in [-0.39, 0.29) is 0 Å². The zero-order valence-electron chi connectivity index (χ0n) is 11.8. The van der Waals surface area contributed by atoms with Gasteiger partial charge in [-0.15, -0.1) is 0 Å². The first kappa shape index (κ1) is 13.2. The van der Waals surface area contributed by atoms with Gasteiger partial charge >= 0.3 is 0 Å². The largest absolute Gasteiger partial charge is 0.322 e. The van der Waals surface area contributed by atoms with Gasteiger partial charge in [0.2, 0.25) is 0 Å². The molecule has 3 heterocycles. The second-order valence-electron chi connectivity index (χ2n) is 5.62.